The van der Waals surface area contributed by atoms with Crippen LogP contribution in [-0.4, -0.2) is 41.2 Å². The lowest BCUT2D eigenvalue weighted by Crippen LogP contribution is -2.38. The molecule has 46 heavy (non-hydrogen) atoms. The summed E-state index contributed by atoms with van der Waals surface area (Å²) in [6.45, 7) is 6.20. The first-order valence-corrected chi connectivity index (χ1v) is 16.8. The quantitative estimate of drug-likeness (QED) is 0.117. The molecule has 246 valence electrons. The van der Waals surface area contributed by atoms with E-state index in [0.29, 0.717) is 25.3 Å². The largest absolute Gasteiger partial charge is 0.392 e. The Morgan fingerprint density at radius 3 is 2.11 bits per heavy atom. The molecule has 9 nitrogen and oxygen atoms in total. The average molecular weight is 648 g/mol. The summed E-state index contributed by atoms with van der Waals surface area (Å²) in [6.07, 6.45) is 2.09. The second kappa shape index (κ2) is 17.9. The number of aliphatic hydroxyl groups excluding tert-OH is 1. The van der Waals surface area contributed by atoms with Crippen LogP contribution in [0.3, 0.4) is 0 Å². The first-order valence-electron chi connectivity index (χ1n) is 15.8. The van der Waals surface area contributed by atoms with E-state index in [2.05, 4.69) is 22.9 Å². The zero-order valence-corrected chi connectivity index (χ0v) is 27.6. The number of benzene rings is 3. The van der Waals surface area contributed by atoms with Gasteiger partial charge in [0.25, 0.3) is 0 Å². The Balaban J connectivity index is 1.37. The number of hydrogen-bond acceptors (Lipinski definition) is 7. The van der Waals surface area contributed by atoms with Crippen molar-refractivity contribution in [2.75, 3.05) is 17.6 Å². The fourth-order valence-corrected chi connectivity index (χ4v) is 6.33. The van der Waals surface area contributed by atoms with Gasteiger partial charge in [0.15, 0.2) is 6.29 Å². The van der Waals surface area contributed by atoms with E-state index in [0.717, 1.165) is 52.1 Å². The minimum absolute atomic E-state index is 0.0108. The molecule has 1 heterocycles. The maximum atomic E-state index is 12.3. The molecule has 4 N–H and O–H groups in total. The van der Waals surface area contributed by atoms with E-state index >= 15 is 0 Å². The first kappa shape index (κ1) is 35.2. The number of ether oxygens (including phenoxy) is 2. The SMILES string of the molecule is CC(=O)NCCCCCC(=O)NCc1ccc([C@@H]2O[C@H](CSc3ccc(NC(C)=O)cc3)[C@H](C)[C@H](c3ccc(CO)cc3)O2)cc1. The Kier molecular flexibility index (Phi) is 13.6. The summed E-state index contributed by atoms with van der Waals surface area (Å²) in [5.74, 6) is 0.645. The second-order valence-electron chi connectivity index (χ2n) is 11.7. The molecule has 1 aliphatic heterocycles. The minimum atomic E-state index is -0.576. The summed E-state index contributed by atoms with van der Waals surface area (Å²) in [6, 6.07) is 23.6. The summed E-state index contributed by atoms with van der Waals surface area (Å²) in [7, 11) is 0. The van der Waals surface area contributed by atoms with E-state index in [1.165, 1.54) is 13.8 Å². The topological polar surface area (TPSA) is 126 Å². The van der Waals surface area contributed by atoms with Gasteiger partial charge in [0.2, 0.25) is 17.7 Å². The molecule has 1 fully saturated rings. The number of anilines is 1. The van der Waals surface area contributed by atoms with Crippen LogP contribution < -0.4 is 16.0 Å². The summed E-state index contributed by atoms with van der Waals surface area (Å²) in [4.78, 5) is 35.7. The highest BCUT2D eigenvalue weighted by Crippen LogP contribution is 2.43. The highest BCUT2D eigenvalue weighted by Gasteiger charge is 2.38. The standard InChI is InChI=1S/C36H45N3O6S/c1-24-33(23-46-32-18-16-31(17-19-32)39-26(3)42)44-36(45-35(24)29-12-10-28(22-40)11-13-29)30-14-8-27(9-15-30)21-38-34(43)7-5-4-6-20-37-25(2)41/h8-19,24,33,35-36,40H,4-7,20-23H2,1-3H3,(H,37,41)(H,38,43)(H,39,42)/t24-,33+,35+,36+/m0/s1. The Morgan fingerprint density at radius 1 is 0.783 bits per heavy atom. The molecule has 10 heteroatoms. The van der Waals surface area contributed by atoms with Crippen molar-refractivity contribution < 1.29 is 29.0 Å². The van der Waals surface area contributed by atoms with Crippen LogP contribution in [0.25, 0.3) is 0 Å². The second-order valence-corrected chi connectivity index (χ2v) is 12.7. The van der Waals surface area contributed by atoms with Crippen LogP contribution in [0.5, 0.6) is 0 Å². The molecule has 3 aromatic carbocycles. The van der Waals surface area contributed by atoms with Gasteiger partial charge in [-0.05, 0) is 53.8 Å². The molecule has 0 spiro atoms. The summed E-state index contributed by atoms with van der Waals surface area (Å²) in [5.41, 5.74) is 4.52. The number of aliphatic hydroxyl groups is 1. The van der Waals surface area contributed by atoms with Gasteiger partial charge in [0.05, 0.1) is 18.8 Å². The number of nitrogens with one attached hydrogen (secondary N) is 3. The van der Waals surface area contributed by atoms with Gasteiger partial charge < -0.3 is 30.5 Å². The van der Waals surface area contributed by atoms with Crippen molar-refractivity contribution in [2.24, 2.45) is 5.92 Å². The van der Waals surface area contributed by atoms with Gasteiger partial charge in [-0.1, -0.05) is 61.9 Å². The number of unbranched alkanes of at least 4 members (excludes halogenated alkanes) is 2. The molecule has 1 aliphatic rings. The van der Waals surface area contributed by atoms with Crippen LogP contribution in [0.2, 0.25) is 0 Å². The Labute approximate surface area is 275 Å². The third-order valence-corrected chi connectivity index (χ3v) is 9.01. The molecule has 4 atom stereocenters. The third kappa shape index (κ3) is 11.0. The fourth-order valence-electron chi connectivity index (χ4n) is 5.26. The predicted octanol–water partition coefficient (Wildman–Crippen LogP) is 6.03. The number of rotatable bonds is 15. The van der Waals surface area contributed by atoms with E-state index in [1.807, 2.05) is 72.8 Å². The van der Waals surface area contributed by atoms with Crippen LogP contribution in [0.4, 0.5) is 5.69 Å². The van der Waals surface area contributed by atoms with Gasteiger partial charge in [-0.3, -0.25) is 14.4 Å². The van der Waals surface area contributed by atoms with Crippen molar-refractivity contribution in [3.8, 4) is 0 Å². The van der Waals surface area contributed by atoms with Crippen molar-refractivity contribution in [1.82, 2.24) is 10.6 Å². The molecule has 0 saturated carbocycles. The molecule has 0 radical (unpaired) electrons. The molecular weight excluding hydrogens is 602 g/mol. The van der Waals surface area contributed by atoms with Crippen LogP contribution >= 0.6 is 11.8 Å². The first-order chi connectivity index (χ1) is 22.2. The lowest BCUT2D eigenvalue weighted by Gasteiger charge is -2.41. The molecule has 3 amide bonds. The zero-order valence-electron chi connectivity index (χ0n) is 26.8. The molecule has 0 aliphatic carbocycles. The summed E-state index contributed by atoms with van der Waals surface area (Å²) < 4.78 is 13.1. The maximum Gasteiger partial charge on any atom is 0.221 e. The van der Waals surface area contributed by atoms with Crippen molar-refractivity contribution in [2.45, 2.75) is 83.0 Å². The van der Waals surface area contributed by atoms with E-state index in [-0.39, 0.29) is 42.5 Å². The van der Waals surface area contributed by atoms with Crippen LogP contribution in [0.15, 0.2) is 77.7 Å². The van der Waals surface area contributed by atoms with Crippen molar-refractivity contribution in [3.63, 3.8) is 0 Å². The third-order valence-electron chi connectivity index (χ3n) is 7.91. The van der Waals surface area contributed by atoms with Crippen LogP contribution in [0.1, 0.15) is 81.1 Å². The Morgan fingerprint density at radius 2 is 1.46 bits per heavy atom. The van der Waals surface area contributed by atoms with E-state index < -0.39 is 6.29 Å². The average Bonchev–Trinajstić information content (AvgIpc) is 3.05. The number of carbonyl (C=O) groups is 3. The highest BCUT2D eigenvalue weighted by atomic mass is 32.2. The smallest absolute Gasteiger partial charge is 0.221 e. The van der Waals surface area contributed by atoms with E-state index in [4.69, 9.17) is 9.47 Å². The maximum absolute atomic E-state index is 12.3. The fraction of sp³-hybridized carbons (Fsp3) is 0.417. The van der Waals surface area contributed by atoms with Gasteiger partial charge >= 0.3 is 0 Å². The van der Waals surface area contributed by atoms with Crippen molar-refractivity contribution >= 4 is 35.2 Å². The molecule has 0 unspecified atom stereocenters. The number of thioether (sulfide) groups is 1. The van der Waals surface area contributed by atoms with Crippen molar-refractivity contribution in [1.29, 1.82) is 0 Å². The van der Waals surface area contributed by atoms with Crippen molar-refractivity contribution in [3.05, 3.63) is 95.1 Å². The monoisotopic (exact) mass is 647 g/mol. The molecule has 4 rings (SSSR count). The van der Waals surface area contributed by atoms with Gasteiger partial charge in [-0.2, -0.15) is 0 Å². The van der Waals surface area contributed by atoms with E-state index in [1.54, 1.807) is 11.8 Å². The highest BCUT2D eigenvalue weighted by molar-refractivity contribution is 7.99. The van der Waals surface area contributed by atoms with E-state index in [9.17, 15) is 19.5 Å². The molecule has 3 aromatic rings. The number of carbonyl (C=O) groups excluding carboxylic acids is 3. The van der Waals surface area contributed by atoms with Gasteiger partial charge in [-0.25, -0.2) is 0 Å². The van der Waals surface area contributed by atoms with Gasteiger partial charge in [0.1, 0.15) is 0 Å². The van der Waals surface area contributed by atoms with Gasteiger partial charge in [0, 0.05) is 61.2 Å². The molecule has 0 aromatic heterocycles. The molecular formula is C36H45N3O6S. The number of hydrogen-bond donors (Lipinski definition) is 4. The lowest BCUT2D eigenvalue weighted by atomic mass is 9.91. The van der Waals surface area contributed by atoms with Gasteiger partial charge in [-0.15, -0.1) is 11.8 Å². The lowest BCUT2D eigenvalue weighted by molar-refractivity contribution is -0.268. The predicted molar refractivity (Wildman–Crippen MR) is 180 cm³/mol. The molecule has 0 bridgehead atoms. The van der Waals surface area contributed by atoms with Crippen LogP contribution in [0, 0.1) is 5.92 Å². The van der Waals surface area contributed by atoms with Crippen LogP contribution in [-0.2, 0) is 37.0 Å². The minimum Gasteiger partial charge on any atom is -0.392 e. The molecule has 1 saturated heterocycles. The Hall–Kier alpha value is -3.70. The summed E-state index contributed by atoms with van der Waals surface area (Å²) >= 11 is 1.70. The Bertz CT molecular complexity index is 1420. The zero-order chi connectivity index (χ0) is 32.9. The summed E-state index contributed by atoms with van der Waals surface area (Å²) in [5, 5.41) is 18.1. The number of amides is 3. The normalized spacial score (nSPS) is 19.3.